The van der Waals surface area contributed by atoms with Crippen LogP contribution < -0.4 is 10.9 Å². The number of hydrogen-bond acceptors (Lipinski definition) is 4. The Morgan fingerprint density at radius 3 is 2.71 bits per heavy atom. The molecule has 6 rings (SSSR count). The van der Waals surface area contributed by atoms with Gasteiger partial charge in [0.05, 0.1) is 16.9 Å². The summed E-state index contributed by atoms with van der Waals surface area (Å²) in [5.74, 6) is 0.625. The topological polar surface area (TPSA) is 67.2 Å². The van der Waals surface area contributed by atoms with Crippen LogP contribution in [-0.2, 0) is 16.8 Å². The number of para-hydroxylation sites is 2. The lowest BCUT2D eigenvalue weighted by molar-refractivity contribution is -0.137. The number of benzene rings is 2. The maximum absolute atomic E-state index is 13.5. The van der Waals surface area contributed by atoms with Gasteiger partial charge in [0.1, 0.15) is 18.5 Å². The highest BCUT2D eigenvalue weighted by molar-refractivity contribution is 5.83. The van der Waals surface area contributed by atoms with E-state index in [1.165, 1.54) is 5.56 Å². The van der Waals surface area contributed by atoms with Gasteiger partial charge in [0.25, 0.3) is 5.56 Å². The summed E-state index contributed by atoms with van der Waals surface area (Å²) in [5.41, 5.74) is 2.12. The van der Waals surface area contributed by atoms with Crippen molar-refractivity contribution in [3.05, 3.63) is 82.9 Å². The quantitative estimate of drug-likeness (QED) is 0.654. The van der Waals surface area contributed by atoms with Gasteiger partial charge in [-0.1, -0.05) is 50.3 Å². The minimum Gasteiger partial charge on any atom is -0.364 e. The summed E-state index contributed by atoms with van der Waals surface area (Å²) in [6.45, 7) is 8.52. The summed E-state index contributed by atoms with van der Waals surface area (Å²) in [6, 6.07) is 15.4. The lowest BCUT2D eigenvalue weighted by Crippen LogP contribution is -2.54. The van der Waals surface area contributed by atoms with Crippen LogP contribution in [0.4, 0.5) is 5.69 Å². The van der Waals surface area contributed by atoms with Crippen molar-refractivity contribution in [2.75, 3.05) is 5.32 Å². The predicted molar refractivity (Wildman–Crippen MR) is 120 cm³/mol. The predicted octanol–water partition coefficient (Wildman–Crippen LogP) is 3.59. The van der Waals surface area contributed by atoms with Gasteiger partial charge in [0.15, 0.2) is 0 Å². The zero-order valence-corrected chi connectivity index (χ0v) is 17.6. The minimum atomic E-state index is -0.371. The van der Waals surface area contributed by atoms with Crippen LogP contribution in [0, 0.1) is 5.41 Å². The molecule has 6 nitrogen and oxygen atoms in total. The van der Waals surface area contributed by atoms with Crippen LogP contribution in [0.25, 0.3) is 10.9 Å². The molecule has 1 aromatic heterocycles. The molecule has 2 aromatic carbocycles. The molecule has 1 amide bonds. The van der Waals surface area contributed by atoms with Gasteiger partial charge in [-0.05, 0) is 35.6 Å². The van der Waals surface area contributed by atoms with E-state index in [2.05, 4.69) is 37.9 Å². The number of anilines is 1. The van der Waals surface area contributed by atoms with Crippen LogP contribution in [0.15, 0.2) is 66.0 Å². The number of amides is 1. The maximum atomic E-state index is 13.5. The van der Waals surface area contributed by atoms with Crippen molar-refractivity contribution in [1.29, 1.82) is 0 Å². The highest BCUT2D eigenvalue weighted by atomic mass is 16.2. The van der Waals surface area contributed by atoms with Gasteiger partial charge >= 0.3 is 0 Å². The van der Waals surface area contributed by atoms with Gasteiger partial charge in [-0.3, -0.25) is 14.2 Å². The van der Waals surface area contributed by atoms with E-state index < -0.39 is 0 Å². The molecule has 0 radical (unpaired) electrons. The Morgan fingerprint density at radius 1 is 1.16 bits per heavy atom. The SMILES string of the molecule is C=CC(C)(C)C12CC3c4nc5ccccc5c(=O)n4CC(=O)N3C1Nc1ccccc12. The zero-order chi connectivity index (χ0) is 21.5. The molecule has 156 valence electrons. The van der Waals surface area contributed by atoms with Crippen LogP contribution in [0.3, 0.4) is 0 Å². The van der Waals surface area contributed by atoms with Gasteiger partial charge in [-0.2, -0.15) is 0 Å². The Bertz CT molecular complexity index is 1340. The average molecular weight is 412 g/mol. The lowest BCUT2D eigenvalue weighted by Gasteiger charge is -2.43. The first-order valence-corrected chi connectivity index (χ1v) is 10.7. The average Bonchev–Trinajstić information content (AvgIpc) is 3.28. The first kappa shape index (κ1) is 18.4. The van der Waals surface area contributed by atoms with Crippen molar-refractivity contribution < 1.29 is 4.79 Å². The van der Waals surface area contributed by atoms with Crippen LogP contribution in [0.5, 0.6) is 0 Å². The van der Waals surface area contributed by atoms with Gasteiger partial charge in [0, 0.05) is 11.1 Å². The van der Waals surface area contributed by atoms with E-state index in [9.17, 15) is 9.59 Å². The summed E-state index contributed by atoms with van der Waals surface area (Å²) in [7, 11) is 0. The molecule has 3 aliphatic heterocycles. The smallest absolute Gasteiger partial charge is 0.261 e. The number of carbonyl (C=O) groups excluding carboxylic acids is 1. The monoisotopic (exact) mass is 412 g/mol. The summed E-state index contributed by atoms with van der Waals surface area (Å²) < 4.78 is 1.58. The Balaban J connectivity index is 1.62. The summed E-state index contributed by atoms with van der Waals surface area (Å²) in [4.78, 5) is 33.5. The standard InChI is InChI=1S/C25H24N4O2/c1-4-24(2,3)25-13-19-21-26-17-11-7-5-9-15(17)22(31)28(21)14-20(30)29(19)23(25)27-18-12-8-6-10-16(18)25/h4-12,19,23,27H,1,13-14H2,2-3H3. The molecule has 3 aliphatic rings. The molecule has 1 N–H and O–H groups in total. The molecule has 1 fully saturated rings. The van der Waals surface area contributed by atoms with Crippen LogP contribution in [-0.4, -0.2) is 26.5 Å². The van der Waals surface area contributed by atoms with Crippen LogP contribution >= 0.6 is 0 Å². The summed E-state index contributed by atoms with van der Waals surface area (Å²) in [5, 5.41) is 4.18. The second-order valence-electron chi connectivity index (χ2n) is 9.39. The Morgan fingerprint density at radius 2 is 1.90 bits per heavy atom. The second kappa shape index (κ2) is 5.84. The van der Waals surface area contributed by atoms with Crippen molar-refractivity contribution in [3.8, 4) is 0 Å². The number of rotatable bonds is 2. The third-order valence-corrected chi connectivity index (χ3v) is 7.73. The third-order valence-electron chi connectivity index (χ3n) is 7.73. The van der Waals surface area contributed by atoms with Gasteiger partial charge in [0.2, 0.25) is 5.91 Å². The molecule has 0 bridgehead atoms. The first-order chi connectivity index (χ1) is 14.9. The van der Waals surface area contributed by atoms with Crippen molar-refractivity contribution in [2.24, 2.45) is 5.41 Å². The fourth-order valence-corrected chi connectivity index (χ4v) is 6.02. The molecule has 0 aliphatic carbocycles. The molecule has 0 spiro atoms. The molecule has 0 saturated carbocycles. The first-order valence-electron chi connectivity index (χ1n) is 10.7. The normalized spacial score (nSPS) is 26.1. The summed E-state index contributed by atoms with van der Waals surface area (Å²) in [6.07, 6.45) is 2.46. The van der Waals surface area contributed by atoms with Crippen molar-refractivity contribution in [2.45, 2.75) is 44.4 Å². The molecule has 3 unspecified atom stereocenters. The molecule has 3 atom stereocenters. The molecule has 3 aromatic rings. The van der Waals surface area contributed by atoms with E-state index in [-0.39, 0.29) is 41.0 Å². The van der Waals surface area contributed by atoms with Crippen LogP contribution in [0.2, 0.25) is 0 Å². The Kier molecular flexibility index (Phi) is 3.46. The largest absolute Gasteiger partial charge is 0.364 e. The Hall–Kier alpha value is -3.41. The Labute approximate surface area is 180 Å². The number of carbonyl (C=O) groups is 1. The number of allylic oxidation sites excluding steroid dienone is 1. The molecule has 4 heterocycles. The number of fused-ring (bicyclic) bond motifs is 8. The van der Waals surface area contributed by atoms with Gasteiger partial charge in [-0.15, -0.1) is 6.58 Å². The van der Waals surface area contributed by atoms with Crippen LogP contribution in [0.1, 0.15) is 37.7 Å². The van der Waals surface area contributed by atoms with E-state index in [0.717, 1.165) is 5.69 Å². The van der Waals surface area contributed by atoms with E-state index in [4.69, 9.17) is 4.98 Å². The number of nitrogens with zero attached hydrogens (tertiary/aromatic N) is 3. The third kappa shape index (κ3) is 2.10. The molecular formula is C25H24N4O2. The van der Waals surface area contributed by atoms with E-state index in [0.29, 0.717) is 23.1 Å². The van der Waals surface area contributed by atoms with E-state index in [1.807, 2.05) is 41.3 Å². The van der Waals surface area contributed by atoms with E-state index >= 15 is 0 Å². The fraction of sp³-hybridized carbons (Fsp3) is 0.320. The summed E-state index contributed by atoms with van der Waals surface area (Å²) >= 11 is 0. The van der Waals surface area contributed by atoms with Crippen molar-refractivity contribution >= 4 is 22.5 Å². The highest BCUT2D eigenvalue weighted by Gasteiger charge is 2.65. The fourth-order valence-electron chi connectivity index (χ4n) is 6.02. The van der Waals surface area contributed by atoms with E-state index in [1.54, 1.807) is 10.6 Å². The molecule has 1 saturated heterocycles. The molecular weight excluding hydrogens is 388 g/mol. The lowest BCUT2D eigenvalue weighted by atomic mass is 9.60. The maximum Gasteiger partial charge on any atom is 0.261 e. The highest BCUT2D eigenvalue weighted by Crippen LogP contribution is 2.63. The van der Waals surface area contributed by atoms with Gasteiger partial charge < -0.3 is 10.2 Å². The van der Waals surface area contributed by atoms with Crippen molar-refractivity contribution in [3.63, 3.8) is 0 Å². The molecule has 6 heteroatoms. The second-order valence-corrected chi connectivity index (χ2v) is 9.39. The number of nitrogens with one attached hydrogen (secondary N) is 1. The minimum absolute atomic E-state index is 0.0155. The van der Waals surface area contributed by atoms with Crippen molar-refractivity contribution in [1.82, 2.24) is 14.5 Å². The molecule has 31 heavy (non-hydrogen) atoms. The number of aromatic nitrogens is 2. The number of hydrogen-bond donors (Lipinski definition) is 1. The van der Waals surface area contributed by atoms with Gasteiger partial charge in [-0.25, -0.2) is 4.98 Å². The zero-order valence-electron chi connectivity index (χ0n) is 17.6.